The van der Waals surface area contributed by atoms with Gasteiger partial charge in [-0.25, -0.2) is 8.78 Å². The van der Waals surface area contributed by atoms with Gasteiger partial charge in [0.1, 0.15) is 12.4 Å². The van der Waals surface area contributed by atoms with Gasteiger partial charge in [-0.1, -0.05) is 42.4 Å². The Hall–Kier alpha value is -4.34. The van der Waals surface area contributed by atoms with E-state index in [1.54, 1.807) is 24.3 Å². The van der Waals surface area contributed by atoms with Gasteiger partial charge in [0.25, 0.3) is 0 Å². The zero-order valence-corrected chi connectivity index (χ0v) is 17.2. The molecule has 1 nitrogen and oxygen atoms in total. The molecule has 0 aliphatic rings. The Morgan fingerprint density at radius 1 is 0.625 bits per heavy atom. The largest absolute Gasteiger partial charge is 0.490 e. The smallest absolute Gasteiger partial charge is 0.159 e. The molecule has 0 radical (unpaired) electrons. The van der Waals surface area contributed by atoms with Crippen molar-refractivity contribution in [1.82, 2.24) is 0 Å². The number of ether oxygens (including phenoxy) is 1. The van der Waals surface area contributed by atoms with Crippen molar-refractivity contribution in [2.45, 2.75) is 0 Å². The van der Waals surface area contributed by atoms with Gasteiger partial charge in [-0.2, -0.15) is 0 Å². The van der Waals surface area contributed by atoms with E-state index in [1.807, 2.05) is 48.5 Å². The summed E-state index contributed by atoms with van der Waals surface area (Å²) in [6, 6.07) is 22.9. The summed E-state index contributed by atoms with van der Waals surface area (Å²) >= 11 is 0. The third-order valence-electron chi connectivity index (χ3n) is 4.69. The highest BCUT2D eigenvalue weighted by Gasteiger charge is 2.04. The lowest BCUT2D eigenvalue weighted by Crippen LogP contribution is -1.92. The van der Waals surface area contributed by atoms with Crippen molar-refractivity contribution in [1.29, 1.82) is 0 Å². The molecule has 0 fully saturated rings. The summed E-state index contributed by atoms with van der Waals surface area (Å²) in [6.45, 7) is 4.10. The first-order valence-corrected chi connectivity index (χ1v) is 9.97. The number of hydrogen-bond donors (Lipinski definition) is 0. The van der Waals surface area contributed by atoms with Crippen molar-refractivity contribution in [2.75, 3.05) is 6.61 Å². The van der Waals surface area contributed by atoms with Crippen LogP contribution in [-0.2, 0) is 0 Å². The summed E-state index contributed by atoms with van der Waals surface area (Å²) in [7, 11) is 0. The van der Waals surface area contributed by atoms with Crippen molar-refractivity contribution in [3.05, 3.63) is 125 Å². The van der Waals surface area contributed by atoms with Gasteiger partial charge in [0.2, 0.25) is 0 Å². The van der Waals surface area contributed by atoms with E-state index in [0.29, 0.717) is 17.4 Å². The SMILES string of the molecule is C=CCOc1ccc(C#Cc2ccc(C#Cc3ccc4cc(F)c(F)cc4c3)cc2)cc1. The number of benzene rings is 4. The van der Waals surface area contributed by atoms with E-state index >= 15 is 0 Å². The van der Waals surface area contributed by atoms with Crippen LogP contribution in [0.5, 0.6) is 5.75 Å². The molecule has 0 aromatic heterocycles. The second kappa shape index (κ2) is 9.65. The molecule has 0 unspecified atom stereocenters. The quantitative estimate of drug-likeness (QED) is 0.272. The summed E-state index contributed by atoms with van der Waals surface area (Å²) < 4.78 is 32.3. The lowest BCUT2D eigenvalue weighted by molar-refractivity contribution is 0.363. The van der Waals surface area contributed by atoms with Crippen LogP contribution in [0.2, 0.25) is 0 Å². The van der Waals surface area contributed by atoms with Crippen LogP contribution >= 0.6 is 0 Å². The number of fused-ring (bicyclic) bond motifs is 1. The van der Waals surface area contributed by atoms with Crippen LogP contribution in [0.4, 0.5) is 8.78 Å². The maximum absolute atomic E-state index is 13.5. The lowest BCUT2D eigenvalue weighted by atomic mass is 10.1. The molecular formula is C29H18F2O. The first kappa shape index (κ1) is 20.9. The number of hydrogen-bond acceptors (Lipinski definition) is 1. The van der Waals surface area contributed by atoms with Crippen molar-refractivity contribution in [2.24, 2.45) is 0 Å². The summed E-state index contributed by atoms with van der Waals surface area (Å²) in [5.74, 6) is 11.5. The fraction of sp³-hybridized carbons (Fsp3) is 0.0345. The Balaban J connectivity index is 1.46. The molecule has 0 saturated carbocycles. The Morgan fingerprint density at radius 2 is 1.09 bits per heavy atom. The summed E-state index contributed by atoms with van der Waals surface area (Å²) in [6.07, 6.45) is 1.70. The molecule has 4 rings (SSSR count). The summed E-state index contributed by atoms with van der Waals surface area (Å²) in [5.41, 5.74) is 3.34. The van der Waals surface area contributed by atoms with Crippen LogP contribution in [0, 0.1) is 35.3 Å². The van der Waals surface area contributed by atoms with Crippen molar-refractivity contribution < 1.29 is 13.5 Å². The van der Waals surface area contributed by atoms with Gasteiger partial charge in [-0.05, 0) is 83.6 Å². The van der Waals surface area contributed by atoms with Gasteiger partial charge in [0.15, 0.2) is 11.6 Å². The predicted molar refractivity (Wildman–Crippen MR) is 124 cm³/mol. The zero-order chi connectivity index (χ0) is 22.3. The van der Waals surface area contributed by atoms with Crippen molar-refractivity contribution in [3.63, 3.8) is 0 Å². The molecule has 0 N–H and O–H groups in total. The average Bonchev–Trinajstić information content (AvgIpc) is 2.82. The fourth-order valence-corrected chi connectivity index (χ4v) is 3.04. The maximum Gasteiger partial charge on any atom is 0.159 e. The molecule has 0 bridgehead atoms. The van der Waals surface area contributed by atoms with Gasteiger partial charge >= 0.3 is 0 Å². The highest BCUT2D eigenvalue weighted by Crippen LogP contribution is 2.19. The Kier molecular flexibility index (Phi) is 6.30. The minimum Gasteiger partial charge on any atom is -0.490 e. The molecule has 3 heteroatoms. The summed E-state index contributed by atoms with van der Waals surface area (Å²) in [4.78, 5) is 0. The first-order chi connectivity index (χ1) is 15.6. The molecule has 32 heavy (non-hydrogen) atoms. The molecule has 4 aromatic carbocycles. The molecule has 4 aromatic rings. The Morgan fingerprint density at radius 3 is 1.66 bits per heavy atom. The molecule has 0 aliphatic heterocycles. The molecule has 0 heterocycles. The van der Waals surface area contributed by atoms with Crippen LogP contribution in [0.1, 0.15) is 22.3 Å². The molecular weight excluding hydrogens is 402 g/mol. The first-order valence-electron chi connectivity index (χ1n) is 9.97. The third kappa shape index (κ3) is 5.22. The maximum atomic E-state index is 13.5. The monoisotopic (exact) mass is 420 g/mol. The second-order valence-corrected chi connectivity index (χ2v) is 7.03. The Labute approximate surface area is 186 Å². The summed E-state index contributed by atoms with van der Waals surface area (Å²) in [5, 5.41) is 1.25. The van der Waals surface area contributed by atoms with Gasteiger partial charge in [-0.3, -0.25) is 0 Å². The van der Waals surface area contributed by atoms with Crippen LogP contribution in [0.15, 0.2) is 91.5 Å². The van der Waals surface area contributed by atoms with E-state index in [-0.39, 0.29) is 0 Å². The van der Waals surface area contributed by atoms with E-state index in [9.17, 15) is 8.78 Å². The zero-order valence-electron chi connectivity index (χ0n) is 17.2. The van der Waals surface area contributed by atoms with Crippen LogP contribution in [0.3, 0.4) is 0 Å². The number of rotatable bonds is 3. The molecule has 154 valence electrons. The van der Waals surface area contributed by atoms with E-state index < -0.39 is 11.6 Å². The van der Waals surface area contributed by atoms with E-state index in [4.69, 9.17) is 4.74 Å². The minimum atomic E-state index is -0.865. The highest BCUT2D eigenvalue weighted by molar-refractivity contribution is 5.84. The van der Waals surface area contributed by atoms with Crippen molar-refractivity contribution >= 4 is 10.8 Å². The molecule has 0 aliphatic carbocycles. The van der Waals surface area contributed by atoms with Crippen LogP contribution in [0.25, 0.3) is 10.8 Å². The third-order valence-corrected chi connectivity index (χ3v) is 4.69. The minimum absolute atomic E-state index is 0.472. The molecule has 0 amide bonds. The van der Waals surface area contributed by atoms with E-state index in [2.05, 4.69) is 30.3 Å². The highest BCUT2D eigenvalue weighted by atomic mass is 19.2. The van der Waals surface area contributed by atoms with Crippen LogP contribution in [-0.4, -0.2) is 6.61 Å². The average molecular weight is 420 g/mol. The van der Waals surface area contributed by atoms with Gasteiger partial charge in [0, 0.05) is 22.3 Å². The lowest BCUT2D eigenvalue weighted by Gasteiger charge is -2.01. The molecule has 0 saturated heterocycles. The molecule has 0 spiro atoms. The predicted octanol–water partition coefficient (Wildman–Crippen LogP) is 6.48. The van der Waals surface area contributed by atoms with Gasteiger partial charge < -0.3 is 4.74 Å². The van der Waals surface area contributed by atoms with E-state index in [0.717, 1.165) is 28.0 Å². The van der Waals surface area contributed by atoms with Crippen molar-refractivity contribution in [3.8, 4) is 29.4 Å². The molecule has 0 atom stereocenters. The van der Waals surface area contributed by atoms with Gasteiger partial charge in [-0.15, -0.1) is 0 Å². The fourth-order valence-electron chi connectivity index (χ4n) is 3.04. The Bertz CT molecular complexity index is 1390. The topological polar surface area (TPSA) is 9.23 Å². The number of halogens is 2. The van der Waals surface area contributed by atoms with E-state index in [1.165, 1.54) is 12.1 Å². The standard InChI is InChI=1S/C29H18F2O/c1-2-17-32-27-15-12-23(13-16-27)8-7-21-3-5-22(6-4-21)9-10-24-11-14-25-19-28(30)29(31)20-26(25)18-24/h2-6,11-16,18-20H,1,17H2. The van der Waals surface area contributed by atoms with Crippen LogP contribution < -0.4 is 4.74 Å². The van der Waals surface area contributed by atoms with Gasteiger partial charge in [0.05, 0.1) is 0 Å². The normalized spacial score (nSPS) is 9.94. The second-order valence-electron chi connectivity index (χ2n) is 7.03.